The minimum Gasteiger partial charge on any atom is -0.468 e. The van der Waals surface area contributed by atoms with Gasteiger partial charge in [-0.15, -0.1) is 11.3 Å². The van der Waals surface area contributed by atoms with Crippen LogP contribution >= 0.6 is 11.3 Å². The minimum atomic E-state index is 0.873. The van der Waals surface area contributed by atoms with Gasteiger partial charge < -0.3 is 9.73 Å². The average Bonchev–Trinajstić information content (AvgIpc) is 2.98. The highest BCUT2D eigenvalue weighted by Gasteiger charge is 2.18. The molecule has 0 saturated carbocycles. The van der Waals surface area contributed by atoms with Crippen LogP contribution in [0.2, 0.25) is 0 Å². The van der Waals surface area contributed by atoms with Gasteiger partial charge in [-0.1, -0.05) is 0 Å². The Bertz CT molecular complexity index is 517. The van der Waals surface area contributed by atoms with E-state index in [1.165, 1.54) is 17.5 Å². The molecule has 0 amide bonds. The molecular formula is C14H18N2OS. The zero-order chi connectivity index (χ0) is 12.4. The largest absolute Gasteiger partial charge is 0.468 e. The lowest BCUT2D eigenvalue weighted by Crippen LogP contribution is -2.28. The summed E-state index contributed by atoms with van der Waals surface area (Å²) in [6.07, 6.45) is 3.03. The lowest BCUT2D eigenvalue weighted by Gasteiger charge is -2.25. The lowest BCUT2D eigenvalue weighted by molar-refractivity contribution is 0.227. The van der Waals surface area contributed by atoms with Crippen molar-refractivity contribution in [2.75, 3.05) is 13.6 Å². The second-order valence-corrected chi connectivity index (χ2v) is 5.78. The Balaban J connectivity index is 1.63. The molecule has 96 valence electrons. The third-order valence-corrected chi connectivity index (χ3v) is 4.38. The van der Waals surface area contributed by atoms with E-state index in [-0.39, 0.29) is 0 Å². The van der Waals surface area contributed by atoms with Crippen molar-refractivity contribution in [3.05, 3.63) is 45.5 Å². The van der Waals surface area contributed by atoms with Crippen molar-refractivity contribution in [3.8, 4) is 0 Å². The van der Waals surface area contributed by atoms with Crippen LogP contribution in [0.3, 0.4) is 0 Å². The molecule has 0 bridgehead atoms. The predicted octanol–water partition coefficient (Wildman–Crippen LogP) is 2.62. The molecule has 1 aliphatic heterocycles. The predicted molar refractivity (Wildman–Crippen MR) is 73.6 cm³/mol. The molecule has 2 aromatic heterocycles. The second-order valence-electron chi connectivity index (χ2n) is 4.78. The molecule has 3 rings (SSSR count). The van der Waals surface area contributed by atoms with Crippen molar-refractivity contribution < 1.29 is 4.42 Å². The Morgan fingerprint density at radius 1 is 1.50 bits per heavy atom. The van der Waals surface area contributed by atoms with Crippen molar-refractivity contribution in [1.82, 2.24) is 10.2 Å². The van der Waals surface area contributed by atoms with E-state index < -0.39 is 0 Å². The molecule has 1 aliphatic rings. The molecule has 0 aliphatic carbocycles. The summed E-state index contributed by atoms with van der Waals surface area (Å²) >= 11 is 1.89. The van der Waals surface area contributed by atoms with Crippen LogP contribution in [-0.4, -0.2) is 18.5 Å². The topological polar surface area (TPSA) is 28.4 Å². The highest BCUT2D eigenvalue weighted by molar-refractivity contribution is 7.10. The van der Waals surface area contributed by atoms with E-state index in [0.29, 0.717) is 0 Å². The number of hydrogen-bond acceptors (Lipinski definition) is 4. The van der Waals surface area contributed by atoms with Gasteiger partial charge in [0, 0.05) is 30.1 Å². The van der Waals surface area contributed by atoms with Gasteiger partial charge in [0.25, 0.3) is 0 Å². The first-order valence-corrected chi connectivity index (χ1v) is 7.21. The van der Waals surface area contributed by atoms with Gasteiger partial charge in [0.15, 0.2) is 0 Å². The quantitative estimate of drug-likeness (QED) is 0.918. The van der Waals surface area contributed by atoms with Gasteiger partial charge >= 0.3 is 0 Å². The maximum absolute atomic E-state index is 5.61. The summed E-state index contributed by atoms with van der Waals surface area (Å²) in [5, 5.41) is 5.34. The Morgan fingerprint density at radius 2 is 2.44 bits per heavy atom. The molecule has 0 saturated heterocycles. The molecule has 0 spiro atoms. The zero-order valence-corrected chi connectivity index (χ0v) is 11.4. The van der Waals surface area contributed by atoms with Crippen molar-refractivity contribution in [1.29, 1.82) is 0 Å². The van der Waals surface area contributed by atoms with Gasteiger partial charge in [0.2, 0.25) is 0 Å². The maximum atomic E-state index is 5.61. The molecule has 18 heavy (non-hydrogen) atoms. The molecule has 0 aromatic carbocycles. The first-order valence-electron chi connectivity index (χ1n) is 6.33. The number of nitrogens with zero attached hydrogens (tertiary/aromatic N) is 1. The monoisotopic (exact) mass is 262 g/mol. The van der Waals surface area contributed by atoms with Crippen LogP contribution in [0.4, 0.5) is 0 Å². The van der Waals surface area contributed by atoms with E-state index in [0.717, 1.165) is 31.9 Å². The van der Waals surface area contributed by atoms with Crippen LogP contribution in [0.15, 0.2) is 28.2 Å². The summed E-state index contributed by atoms with van der Waals surface area (Å²) in [4.78, 5) is 4.01. The number of hydrogen-bond donors (Lipinski definition) is 1. The van der Waals surface area contributed by atoms with E-state index in [2.05, 4.69) is 27.7 Å². The molecular weight excluding hydrogens is 244 g/mol. The highest BCUT2D eigenvalue weighted by atomic mass is 32.1. The summed E-state index contributed by atoms with van der Waals surface area (Å²) < 4.78 is 5.61. The van der Waals surface area contributed by atoms with E-state index >= 15 is 0 Å². The summed E-state index contributed by atoms with van der Waals surface area (Å²) in [6.45, 7) is 3.98. The SMILES string of the molecule is CNCc1coc(CN2CCc3sccc3C2)c1. The van der Waals surface area contributed by atoms with Gasteiger partial charge in [0.05, 0.1) is 12.8 Å². The average molecular weight is 262 g/mol. The fourth-order valence-corrected chi connectivity index (χ4v) is 3.36. The molecule has 0 unspecified atom stereocenters. The van der Waals surface area contributed by atoms with Gasteiger partial charge in [0.1, 0.15) is 5.76 Å². The smallest absolute Gasteiger partial charge is 0.118 e. The molecule has 0 fully saturated rings. The Labute approximate surface area is 111 Å². The number of nitrogens with one attached hydrogen (secondary N) is 1. The highest BCUT2D eigenvalue weighted by Crippen LogP contribution is 2.25. The maximum Gasteiger partial charge on any atom is 0.118 e. The molecule has 1 N–H and O–H groups in total. The Kier molecular flexibility index (Phi) is 3.50. The first-order chi connectivity index (χ1) is 8.85. The molecule has 3 heterocycles. The zero-order valence-electron chi connectivity index (χ0n) is 10.6. The van der Waals surface area contributed by atoms with Crippen LogP contribution in [0.25, 0.3) is 0 Å². The van der Waals surface area contributed by atoms with Crippen molar-refractivity contribution in [2.24, 2.45) is 0 Å². The fraction of sp³-hybridized carbons (Fsp3) is 0.429. The third kappa shape index (κ3) is 2.51. The second kappa shape index (κ2) is 5.26. The fourth-order valence-electron chi connectivity index (χ4n) is 2.47. The molecule has 0 atom stereocenters. The van der Waals surface area contributed by atoms with E-state index in [9.17, 15) is 0 Å². The molecule has 3 nitrogen and oxygen atoms in total. The van der Waals surface area contributed by atoms with E-state index in [4.69, 9.17) is 4.42 Å². The summed E-state index contributed by atoms with van der Waals surface area (Å²) in [5.41, 5.74) is 2.72. The van der Waals surface area contributed by atoms with Crippen LogP contribution in [-0.2, 0) is 26.1 Å². The van der Waals surface area contributed by atoms with Crippen LogP contribution in [0.1, 0.15) is 21.8 Å². The standard InChI is InChI=1S/C14H18N2OS/c1-15-7-11-6-13(17-10-11)9-16-4-2-14-12(8-16)3-5-18-14/h3,5-6,10,15H,2,4,7-9H2,1H3. The normalized spacial score (nSPS) is 15.8. The Hall–Kier alpha value is -1.10. The van der Waals surface area contributed by atoms with Gasteiger partial charge in [-0.2, -0.15) is 0 Å². The van der Waals surface area contributed by atoms with E-state index in [1.54, 1.807) is 4.88 Å². The number of furan rings is 1. The molecule has 0 radical (unpaired) electrons. The van der Waals surface area contributed by atoms with Crippen molar-refractivity contribution in [3.63, 3.8) is 0 Å². The molecule has 4 heteroatoms. The summed E-state index contributed by atoms with van der Waals surface area (Å²) in [5.74, 6) is 1.07. The van der Waals surface area contributed by atoms with Crippen molar-refractivity contribution in [2.45, 2.75) is 26.1 Å². The summed E-state index contributed by atoms with van der Waals surface area (Å²) in [6, 6.07) is 4.40. The number of rotatable bonds is 4. The van der Waals surface area contributed by atoms with Gasteiger partial charge in [-0.05, 0) is 36.5 Å². The van der Waals surface area contributed by atoms with Gasteiger partial charge in [-0.25, -0.2) is 0 Å². The van der Waals surface area contributed by atoms with Crippen molar-refractivity contribution >= 4 is 11.3 Å². The van der Waals surface area contributed by atoms with Crippen LogP contribution in [0.5, 0.6) is 0 Å². The lowest BCUT2D eigenvalue weighted by atomic mass is 10.1. The van der Waals surface area contributed by atoms with E-state index in [1.807, 2.05) is 24.6 Å². The van der Waals surface area contributed by atoms with Gasteiger partial charge in [-0.3, -0.25) is 4.90 Å². The Morgan fingerprint density at radius 3 is 3.33 bits per heavy atom. The van der Waals surface area contributed by atoms with Crippen LogP contribution in [0, 0.1) is 0 Å². The summed E-state index contributed by atoms with van der Waals surface area (Å²) in [7, 11) is 1.95. The first kappa shape index (κ1) is 12.0. The number of fused-ring (bicyclic) bond motifs is 1. The van der Waals surface area contributed by atoms with Crippen LogP contribution < -0.4 is 5.32 Å². The molecule has 2 aromatic rings. The number of thiophene rings is 1. The third-order valence-electron chi connectivity index (χ3n) is 3.36. The minimum absolute atomic E-state index is 0.873.